The van der Waals surface area contributed by atoms with Crippen LogP contribution in [0.4, 0.5) is 11.8 Å². The first-order valence-electron chi connectivity index (χ1n) is 8.25. The number of methoxy groups -OCH3 is 2. The number of aromatic nitrogens is 2. The van der Waals surface area contributed by atoms with Gasteiger partial charge in [0.2, 0.25) is 5.95 Å². The molecule has 3 N–H and O–H groups in total. The highest BCUT2D eigenvalue weighted by atomic mass is 16.5. The molecule has 1 aromatic heterocycles. The quantitative estimate of drug-likeness (QED) is 0.673. The van der Waals surface area contributed by atoms with E-state index in [4.69, 9.17) is 19.9 Å². The standard InChI is InChI=1S/C19H22N4O3/c1-12(26-13-7-5-4-6-8-13)11-21-19-22-15-10-17(25-3)16(24-2)9-14(15)18(20)23-19/h4-10,12H,11H2,1-3H3,(H3,20,21,22,23). The minimum absolute atomic E-state index is 0.0664. The van der Waals surface area contributed by atoms with E-state index in [0.717, 1.165) is 5.75 Å². The highest BCUT2D eigenvalue weighted by molar-refractivity contribution is 5.91. The van der Waals surface area contributed by atoms with Crippen LogP contribution in [0.15, 0.2) is 42.5 Å². The molecule has 0 saturated carbocycles. The molecule has 0 aliphatic carbocycles. The van der Waals surface area contributed by atoms with Crippen molar-refractivity contribution >= 4 is 22.7 Å². The maximum atomic E-state index is 6.08. The molecule has 1 unspecified atom stereocenters. The first kappa shape index (κ1) is 17.6. The van der Waals surface area contributed by atoms with Gasteiger partial charge in [-0.05, 0) is 25.1 Å². The van der Waals surface area contributed by atoms with E-state index >= 15 is 0 Å². The third-order valence-electron chi connectivity index (χ3n) is 3.86. The fourth-order valence-corrected chi connectivity index (χ4v) is 2.57. The largest absolute Gasteiger partial charge is 0.493 e. The molecule has 0 amide bonds. The zero-order chi connectivity index (χ0) is 18.5. The summed E-state index contributed by atoms with van der Waals surface area (Å²) in [6.45, 7) is 2.51. The zero-order valence-electron chi connectivity index (χ0n) is 15.0. The zero-order valence-corrected chi connectivity index (χ0v) is 15.0. The van der Waals surface area contributed by atoms with Gasteiger partial charge in [-0.25, -0.2) is 4.98 Å². The molecule has 1 heterocycles. The molecule has 3 aromatic rings. The summed E-state index contributed by atoms with van der Waals surface area (Å²) >= 11 is 0. The van der Waals surface area contributed by atoms with Crippen LogP contribution in [0.5, 0.6) is 17.2 Å². The van der Waals surface area contributed by atoms with Gasteiger partial charge in [0.25, 0.3) is 0 Å². The second-order valence-electron chi connectivity index (χ2n) is 5.78. The summed E-state index contributed by atoms with van der Waals surface area (Å²) in [5.41, 5.74) is 6.76. The molecule has 7 heteroatoms. The lowest BCUT2D eigenvalue weighted by atomic mass is 10.2. The Balaban J connectivity index is 1.75. The summed E-state index contributed by atoms with van der Waals surface area (Å²) in [5.74, 6) is 2.80. The molecule has 1 atom stereocenters. The Labute approximate surface area is 152 Å². The van der Waals surface area contributed by atoms with Gasteiger partial charge in [-0.15, -0.1) is 0 Å². The highest BCUT2D eigenvalue weighted by Gasteiger charge is 2.12. The van der Waals surface area contributed by atoms with Gasteiger partial charge < -0.3 is 25.3 Å². The number of benzene rings is 2. The number of hydrogen-bond donors (Lipinski definition) is 2. The van der Waals surface area contributed by atoms with Gasteiger partial charge in [0.15, 0.2) is 11.5 Å². The molecular weight excluding hydrogens is 332 g/mol. The number of ether oxygens (including phenoxy) is 3. The predicted octanol–water partition coefficient (Wildman–Crippen LogP) is 3.11. The second kappa shape index (κ2) is 7.77. The van der Waals surface area contributed by atoms with Crippen LogP contribution in [0.25, 0.3) is 10.9 Å². The molecule has 0 aliphatic heterocycles. The SMILES string of the molecule is COc1cc2nc(NCC(C)Oc3ccccc3)nc(N)c2cc1OC. The molecular formula is C19H22N4O3. The van der Waals surface area contributed by atoms with Crippen LogP contribution in [0.1, 0.15) is 6.92 Å². The molecule has 3 rings (SSSR count). The first-order valence-corrected chi connectivity index (χ1v) is 8.25. The maximum Gasteiger partial charge on any atom is 0.225 e. The number of rotatable bonds is 7. The van der Waals surface area contributed by atoms with Gasteiger partial charge in [0.05, 0.1) is 26.3 Å². The lowest BCUT2D eigenvalue weighted by Crippen LogP contribution is -2.23. The number of anilines is 2. The summed E-state index contributed by atoms with van der Waals surface area (Å²) in [5, 5.41) is 3.87. The lowest BCUT2D eigenvalue weighted by Gasteiger charge is -2.16. The van der Waals surface area contributed by atoms with Crippen molar-refractivity contribution in [2.75, 3.05) is 31.8 Å². The second-order valence-corrected chi connectivity index (χ2v) is 5.78. The van der Waals surface area contributed by atoms with Crippen LogP contribution in [-0.4, -0.2) is 36.8 Å². The van der Waals surface area contributed by atoms with Crippen molar-refractivity contribution in [1.29, 1.82) is 0 Å². The summed E-state index contributed by atoms with van der Waals surface area (Å²) in [7, 11) is 3.15. The molecule has 136 valence electrons. The minimum Gasteiger partial charge on any atom is -0.493 e. The van der Waals surface area contributed by atoms with Gasteiger partial charge >= 0.3 is 0 Å². The number of nitrogens with two attached hydrogens (primary N) is 1. The number of hydrogen-bond acceptors (Lipinski definition) is 7. The number of nitrogens with zero attached hydrogens (tertiary/aromatic N) is 2. The van der Waals surface area contributed by atoms with Crippen molar-refractivity contribution in [2.45, 2.75) is 13.0 Å². The van der Waals surface area contributed by atoms with Crippen LogP contribution >= 0.6 is 0 Å². The molecule has 0 fully saturated rings. The van der Waals surface area contributed by atoms with E-state index in [1.807, 2.05) is 37.3 Å². The van der Waals surface area contributed by atoms with Crippen molar-refractivity contribution in [3.05, 3.63) is 42.5 Å². The summed E-state index contributed by atoms with van der Waals surface area (Å²) in [4.78, 5) is 8.82. The van der Waals surface area contributed by atoms with Crippen molar-refractivity contribution < 1.29 is 14.2 Å². The van der Waals surface area contributed by atoms with Crippen molar-refractivity contribution in [3.8, 4) is 17.2 Å². The third-order valence-corrected chi connectivity index (χ3v) is 3.86. The first-order chi connectivity index (χ1) is 12.6. The summed E-state index contributed by atoms with van der Waals surface area (Å²) in [6.07, 6.45) is -0.0664. The maximum absolute atomic E-state index is 6.08. The molecule has 0 bridgehead atoms. The van der Waals surface area contributed by atoms with E-state index in [9.17, 15) is 0 Å². The van der Waals surface area contributed by atoms with E-state index in [2.05, 4.69) is 15.3 Å². The molecule has 2 aromatic carbocycles. The highest BCUT2D eigenvalue weighted by Crippen LogP contribution is 2.33. The van der Waals surface area contributed by atoms with Gasteiger partial charge in [-0.2, -0.15) is 4.98 Å². The van der Waals surface area contributed by atoms with Crippen molar-refractivity contribution in [2.24, 2.45) is 0 Å². The molecule has 7 nitrogen and oxygen atoms in total. The summed E-state index contributed by atoms with van der Waals surface area (Å²) in [6, 6.07) is 13.2. The van der Waals surface area contributed by atoms with E-state index < -0.39 is 0 Å². The third kappa shape index (κ3) is 3.88. The lowest BCUT2D eigenvalue weighted by molar-refractivity contribution is 0.234. The van der Waals surface area contributed by atoms with E-state index in [1.165, 1.54) is 0 Å². The van der Waals surface area contributed by atoms with Gasteiger partial charge in [-0.1, -0.05) is 18.2 Å². The van der Waals surface area contributed by atoms with Crippen LogP contribution in [-0.2, 0) is 0 Å². The number of nitrogen functional groups attached to an aromatic ring is 1. The Bertz CT molecular complexity index is 887. The van der Waals surface area contributed by atoms with Gasteiger partial charge in [0, 0.05) is 11.5 Å². The van der Waals surface area contributed by atoms with Crippen molar-refractivity contribution in [3.63, 3.8) is 0 Å². The van der Waals surface area contributed by atoms with Gasteiger partial charge in [-0.3, -0.25) is 0 Å². The number of nitrogens with one attached hydrogen (secondary N) is 1. The smallest absolute Gasteiger partial charge is 0.225 e. The summed E-state index contributed by atoms with van der Waals surface area (Å²) < 4.78 is 16.5. The Morgan fingerprint density at radius 1 is 1.04 bits per heavy atom. The Morgan fingerprint density at radius 3 is 2.42 bits per heavy atom. The number of para-hydroxylation sites is 1. The van der Waals surface area contributed by atoms with Crippen molar-refractivity contribution in [1.82, 2.24) is 9.97 Å². The van der Waals surface area contributed by atoms with Crippen LogP contribution < -0.4 is 25.3 Å². The van der Waals surface area contributed by atoms with E-state index in [0.29, 0.717) is 40.7 Å². The minimum atomic E-state index is -0.0664. The predicted molar refractivity (Wildman–Crippen MR) is 102 cm³/mol. The average molecular weight is 354 g/mol. The number of fused-ring (bicyclic) bond motifs is 1. The normalized spacial score (nSPS) is 11.8. The van der Waals surface area contributed by atoms with Crippen LogP contribution in [0, 0.1) is 0 Å². The Kier molecular flexibility index (Phi) is 5.26. The average Bonchev–Trinajstić information content (AvgIpc) is 2.66. The van der Waals surface area contributed by atoms with Gasteiger partial charge in [0.1, 0.15) is 17.7 Å². The fourth-order valence-electron chi connectivity index (χ4n) is 2.57. The Hall–Kier alpha value is -3.22. The molecule has 26 heavy (non-hydrogen) atoms. The molecule has 0 aliphatic rings. The molecule has 0 radical (unpaired) electrons. The van der Waals surface area contributed by atoms with E-state index in [-0.39, 0.29) is 6.10 Å². The van der Waals surface area contributed by atoms with Crippen LogP contribution in [0.2, 0.25) is 0 Å². The van der Waals surface area contributed by atoms with Crippen LogP contribution in [0.3, 0.4) is 0 Å². The molecule has 0 spiro atoms. The Morgan fingerprint density at radius 2 is 1.73 bits per heavy atom. The topological polar surface area (TPSA) is 91.5 Å². The fraction of sp³-hybridized carbons (Fsp3) is 0.263. The monoisotopic (exact) mass is 354 g/mol. The molecule has 0 saturated heterocycles. The van der Waals surface area contributed by atoms with E-state index in [1.54, 1.807) is 26.4 Å².